The van der Waals surface area contributed by atoms with Crippen molar-refractivity contribution < 1.29 is 0 Å². The predicted molar refractivity (Wildman–Crippen MR) is 252 cm³/mol. The molecule has 0 aliphatic rings. The maximum atomic E-state index is 9.81. The Morgan fingerprint density at radius 3 is 1.62 bits per heavy atom. The minimum Gasteiger partial charge on any atom is -0.355 e. The Bertz CT molecular complexity index is 3100. The van der Waals surface area contributed by atoms with Crippen LogP contribution in [-0.4, -0.2) is 0 Å². The smallest absolute Gasteiger partial charge is 0.194 e. The van der Waals surface area contributed by atoms with Gasteiger partial charge in [0.15, 0.2) is 5.70 Å². The second kappa shape index (κ2) is 17.0. The van der Waals surface area contributed by atoms with Crippen LogP contribution in [0.5, 0.6) is 0 Å². The van der Waals surface area contributed by atoms with Crippen LogP contribution in [0.25, 0.3) is 60.9 Å². The summed E-state index contributed by atoms with van der Waals surface area (Å²) in [6, 6.07) is 75.1. The van der Waals surface area contributed by atoms with E-state index in [-0.39, 0.29) is 0 Å². The number of hydrogen-bond donors (Lipinski definition) is 1. The highest BCUT2D eigenvalue weighted by atomic mass is 15.1. The van der Waals surface area contributed by atoms with Crippen molar-refractivity contribution in [3.63, 3.8) is 0 Å². The summed E-state index contributed by atoms with van der Waals surface area (Å²) in [6.45, 7) is 7.82. The Kier molecular flexibility index (Phi) is 10.5. The van der Waals surface area contributed by atoms with E-state index >= 15 is 0 Å². The number of anilines is 5. The van der Waals surface area contributed by atoms with Crippen LogP contribution in [0.15, 0.2) is 212 Å². The van der Waals surface area contributed by atoms with Gasteiger partial charge in [0, 0.05) is 33.5 Å². The van der Waals surface area contributed by atoms with E-state index in [4.69, 9.17) is 6.57 Å². The van der Waals surface area contributed by atoms with Crippen LogP contribution in [0.1, 0.15) is 22.3 Å². The van der Waals surface area contributed by atoms with E-state index in [9.17, 15) is 5.26 Å². The molecule has 60 heavy (non-hydrogen) atoms. The molecule has 0 unspecified atom stereocenters. The molecule has 9 aromatic carbocycles. The lowest BCUT2D eigenvalue weighted by Gasteiger charge is -2.27. The van der Waals surface area contributed by atoms with Gasteiger partial charge in [0.25, 0.3) is 0 Å². The number of nitrogens with zero attached hydrogens (tertiary/aromatic N) is 3. The first-order chi connectivity index (χ1) is 29.7. The summed E-state index contributed by atoms with van der Waals surface area (Å²) in [4.78, 5) is 6.13. The first kappa shape index (κ1) is 37.2. The molecule has 0 saturated carbocycles. The highest BCUT2D eigenvalue weighted by Gasteiger charge is 2.18. The highest BCUT2D eigenvalue weighted by molar-refractivity contribution is 6.12. The lowest BCUT2D eigenvalue weighted by atomic mass is 9.92. The van der Waals surface area contributed by atoms with Crippen LogP contribution >= 0.6 is 0 Å². The number of fused-ring (bicyclic) bond motifs is 2. The van der Waals surface area contributed by atoms with Crippen molar-refractivity contribution >= 4 is 73.4 Å². The van der Waals surface area contributed by atoms with E-state index in [0.29, 0.717) is 11.3 Å². The second-order valence-corrected chi connectivity index (χ2v) is 14.4. The maximum Gasteiger partial charge on any atom is 0.194 e. The fraction of sp³-hybridized carbons (Fsp3) is 0. The zero-order valence-electron chi connectivity index (χ0n) is 32.7. The van der Waals surface area contributed by atoms with Gasteiger partial charge in [-0.05, 0) is 105 Å². The summed E-state index contributed by atoms with van der Waals surface area (Å²) in [5.41, 5.74) is 12.4. The second-order valence-electron chi connectivity index (χ2n) is 14.4. The average molecular weight is 767 g/mol. The first-order valence-electron chi connectivity index (χ1n) is 19.8. The van der Waals surface area contributed by atoms with Gasteiger partial charge in [-0.15, -0.1) is 0 Å². The van der Waals surface area contributed by atoms with Crippen LogP contribution in [0.4, 0.5) is 28.4 Å². The Labute approximate surface area is 350 Å². The largest absolute Gasteiger partial charge is 0.355 e. The Balaban J connectivity index is 1.07. The van der Waals surface area contributed by atoms with Crippen molar-refractivity contribution in [3.05, 3.63) is 246 Å². The summed E-state index contributed by atoms with van der Waals surface area (Å²) >= 11 is 0. The number of rotatable bonds is 10. The number of allylic oxidation sites excluding steroid dienone is 1. The topological polar surface area (TPSA) is 43.4 Å². The molecule has 0 radical (unpaired) electrons. The number of para-hydroxylation sites is 1. The third kappa shape index (κ3) is 7.65. The number of nitrogens with one attached hydrogen (secondary N) is 1. The lowest BCUT2D eigenvalue weighted by Crippen LogP contribution is -2.10. The standard InChI is InChI=1S/C56H38N4/c1-58-55(43-17-7-3-8-18-43)38-41-27-31-47(32-28-41)60(46-19-9-4-10-20-46)56-36-34-51(49-22-12-14-24-53(49)56)50-33-35-54(52-23-13-11-21-48(50)52)59-45-29-25-40(26-30-45)37-44(39-57)42-15-5-2-6-16-42/h2-38,59H. The zero-order chi connectivity index (χ0) is 40.7. The van der Waals surface area contributed by atoms with Gasteiger partial charge in [0.05, 0.1) is 23.9 Å². The van der Waals surface area contributed by atoms with Gasteiger partial charge in [0.2, 0.25) is 0 Å². The average Bonchev–Trinajstić information content (AvgIpc) is 3.32. The SMILES string of the molecule is [C-]#[N+]C(=Cc1ccc(N(c2ccccc2)c2ccc(-c3ccc(Nc4ccc(C=C(C#N)c5ccccc5)cc4)c4ccccc34)c3ccccc23)cc1)c1ccccc1. The van der Waals surface area contributed by atoms with Gasteiger partial charge in [-0.3, -0.25) is 0 Å². The molecule has 0 bridgehead atoms. The number of hydrogen-bond acceptors (Lipinski definition) is 3. The first-order valence-corrected chi connectivity index (χ1v) is 19.8. The Morgan fingerprint density at radius 2 is 0.983 bits per heavy atom. The van der Waals surface area contributed by atoms with Crippen molar-refractivity contribution in [3.8, 4) is 17.2 Å². The minimum atomic E-state index is 0.610. The van der Waals surface area contributed by atoms with E-state index in [1.54, 1.807) is 0 Å². The van der Waals surface area contributed by atoms with Crippen molar-refractivity contribution in [2.24, 2.45) is 0 Å². The molecule has 0 aromatic heterocycles. The monoisotopic (exact) mass is 766 g/mol. The lowest BCUT2D eigenvalue weighted by molar-refractivity contribution is 1.30. The van der Waals surface area contributed by atoms with Gasteiger partial charge in [-0.1, -0.05) is 164 Å². The summed E-state index contributed by atoms with van der Waals surface area (Å²) in [7, 11) is 0. The molecule has 282 valence electrons. The van der Waals surface area contributed by atoms with Crippen LogP contribution in [0, 0.1) is 17.9 Å². The van der Waals surface area contributed by atoms with Gasteiger partial charge in [-0.25, -0.2) is 4.85 Å². The molecule has 0 amide bonds. The Hall–Kier alpha value is -8.44. The highest BCUT2D eigenvalue weighted by Crippen LogP contribution is 2.44. The molecule has 0 saturated heterocycles. The molecule has 0 aliphatic carbocycles. The minimum absolute atomic E-state index is 0.610. The molecule has 4 nitrogen and oxygen atoms in total. The van der Waals surface area contributed by atoms with E-state index in [1.807, 2.05) is 91.0 Å². The van der Waals surface area contributed by atoms with Gasteiger partial charge < -0.3 is 10.2 Å². The molecule has 1 N–H and O–H groups in total. The molecule has 0 heterocycles. The summed E-state index contributed by atoms with van der Waals surface area (Å²) < 4.78 is 0. The summed E-state index contributed by atoms with van der Waals surface area (Å²) in [6.07, 6.45) is 3.87. The third-order valence-corrected chi connectivity index (χ3v) is 10.7. The number of benzene rings is 9. The molecule has 0 atom stereocenters. The predicted octanol–water partition coefficient (Wildman–Crippen LogP) is 15.4. The molecule has 0 aliphatic heterocycles. The van der Waals surface area contributed by atoms with Crippen molar-refractivity contribution in [2.75, 3.05) is 10.2 Å². The third-order valence-electron chi connectivity index (χ3n) is 10.7. The number of nitriles is 1. The van der Waals surface area contributed by atoms with Crippen molar-refractivity contribution in [2.45, 2.75) is 0 Å². The van der Waals surface area contributed by atoms with Crippen LogP contribution in [0.2, 0.25) is 0 Å². The fourth-order valence-electron chi connectivity index (χ4n) is 7.81. The molecule has 0 spiro atoms. The van der Waals surface area contributed by atoms with Gasteiger partial charge in [0.1, 0.15) is 0 Å². The van der Waals surface area contributed by atoms with E-state index in [1.165, 1.54) is 0 Å². The van der Waals surface area contributed by atoms with E-state index < -0.39 is 0 Å². The van der Waals surface area contributed by atoms with Crippen LogP contribution < -0.4 is 10.2 Å². The molecular weight excluding hydrogens is 729 g/mol. The van der Waals surface area contributed by atoms with Crippen LogP contribution in [0.3, 0.4) is 0 Å². The van der Waals surface area contributed by atoms with E-state index in [0.717, 1.165) is 83.4 Å². The fourth-order valence-corrected chi connectivity index (χ4v) is 7.81. The van der Waals surface area contributed by atoms with Gasteiger partial charge in [-0.2, -0.15) is 5.26 Å². The van der Waals surface area contributed by atoms with E-state index in [2.05, 4.69) is 155 Å². The van der Waals surface area contributed by atoms with Gasteiger partial charge >= 0.3 is 0 Å². The molecular formula is C56H38N4. The maximum absolute atomic E-state index is 9.81. The summed E-state index contributed by atoms with van der Waals surface area (Å²) in [5.74, 6) is 0. The molecule has 9 aromatic rings. The van der Waals surface area contributed by atoms with Crippen molar-refractivity contribution in [1.29, 1.82) is 5.26 Å². The molecule has 0 fully saturated rings. The van der Waals surface area contributed by atoms with Crippen LogP contribution in [-0.2, 0) is 0 Å². The zero-order valence-corrected chi connectivity index (χ0v) is 32.7. The normalized spacial score (nSPS) is 11.5. The quantitative estimate of drug-likeness (QED) is 0.0856. The molecule has 4 heteroatoms. The summed E-state index contributed by atoms with van der Waals surface area (Å²) in [5, 5.41) is 18.0. The van der Waals surface area contributed by atoms with Crippen molar-refractivity contribution in [1.82, 2.24) is 0 Å². The Morgan fingerprint density at radius 1 is 0.483 bits per heavy atom. The molecule has 9 rings (SSSR count).